The van der Waals surface area contributed by atoms with Gasteiger partial charge in [0.15, 0.2) is 0 Å². The van der Waals surface area contributed by atoms with E-state index < -0.39 is 15.2 Å². The van der Waals surface area contributed by atoms with E-state index >= 15 is 0 Å². The van der Waals surface area contributed by atoms with Crippen LogP contribution in [0.2, 0.25) is 0 Å². The second kappa shape index (κ2) is 4.59. The molecule has 1 aromatic carbocycles. The molecule has 1 amide bonds. The van der Waals surface area contributed by atoms with Gasteiger partial charge in [-0.15, -0.1) is 11.6 Å². The van der Waals surface area contributed by atoms with Crippen molar-refractivity contribution in [3.8, 4) is 0 Å². The molecule has 0 spiro atoms. The SMILES string of the molecule is CC(C)(Cl)C1N(Cc2ccccc2)C(=O)C1(Cl)Cl. The third-order valence-electron chi connectivity index (χ3n) is 3.05. The second-order valence-corrected chi connectivity index (χ2v) is 7.37. The number of benzene rings is 1. The van der Waals surface area contributed by atoms with E-state index in [4.69, 9.17) is 34.8 Å². The van der Waals surface area contributed by atoms with Crippen molar-refractivity contribution in [3.63, 3.8) is 0 Å². The maximum Gasteiger partial charge on any atom is 0.261 e. The summed E-state index contributed by atoms with van der Waals surface area (Å²) in [6, 6.07) is 9.28. The fourth-order valence-electron chi connectivity index (χ4n) is 2.30. The number of halogens is 3. The topological polar surface area (TPSA) is 20.3 Å². The summed E-state index contributed by atoms with van der Waals surface area (Å²) in [5, 5.41) is 0. The number of nitrogens with zero attached hydrogens (tertiary/aromatic N) is 1. The number of rotatable bonds is 3. The molecule has 2 nitrogen and oxygen atoms in total. The summed E-state index contributed by atoms with van der Waals surface area (Å²) in [7, 11) is 0. The highest BCUT2D eigenvalue weighted by Gasteiger charge is 2.63. The maximum absolute atomic E-state index is 11.9. The van der Waals surface area contributed by atoms with Crippen molar-refractivity contribution < 1.29 is 4.79 Å². The monoisotopic (exact) mass is 305 g/mol. The van der Waals surface area contributed by atoms with Crippen LogP contribution in [0.15, 0.2) is 30.3 Å². The van der Waals surface area contributed by atoms with Crippen molar-refractivity contribution in [3.05, 3.63) is 35.9 Å². The van der Waals surface area contributed by atoms with Crippen LogP contribution in [0, 0.1) is 0 Å². The molecule has 0 N–H and O–H groups in total. The molecule has 1 unspecified atom stereocenters. The van der Waals surface area contributed by atoms with Gasteiger partial charge in [-0.05, 0) is 19.4 Å². The molecule has 1 saturated heterocycles. The van der Waals surface area contributed by atoms with Gasteiger partial charge in [0, 0.05) is 6.54 Å². The minimum absolute atomic E-state index is 0.284. The van der Waals surface area contributed by atoms with Gasteiger partial charge in [-0.1, -0.05) is 53.5 Å². The lowest BCUT2D eigenvalue weighted by atomic mass is 9.88. The number of amides is 1. The Kier molecular flexibility index (Phi) is 3.56. The van der Waals surface area contributed by atoms with E-state index in [1.165, 1.54) is 0 Å². The molecule has 98 valence electrons. The zero-order valence-corrected chi connectivity index (χ0v) is 12.4. The zero-order valence-electron chi connectivity index (χ0n) is 10.2. The molecule has 1 aliphatic heterocycles. The Balaban J connectivity index is 2.21. The van der Waals surface area contributed by atoms with Crippen LogP contribution in [0.25, 0.3) is 0 Å². The van der Waals surface area contributed by atoms with E-state index in [1.54, 1.807) is 4.90 Å². The molecule has 0 radical (unpaired) electrons. The van der Waals surface area contributed by atoms with E-state index in [9.17, 15) is 4.79 Å². The van der Waals surface area contributed by atoms with Gasteiger partial charge < -0.3 is 4.90 Å². The highest BCUT2D eigenvalue weighted by atomic mass is 35.5. The third-order valence-corrected chi connectivity index (χ3v) is 3.99. The molecule has 0 bridgehead atoms. The van der Waals surface area contributed by atoms with Gasteiger partial charge in [0.25, 0.3) is 5.91 Å². The maximum atomic E-state index is 11.9. The Bertz CT molecular complexity index is 453. The molecule has 0 aliphatic carbocycles. The lowest BCUT2D eigenvalue weighted by Crippen LogP contribution is -2.73. The zero-order chi connectivity index (χ0) is 13.6. The van der Waals surface area contributed by atoms with Gasteiger partial charge in [-0.25, -0.2) is 0 Å². The number of hydrogen-bond donors (Lipinski definition) is 0. The first-order chi connectivity index (χ1) is 8.24. The van der Waals surface area contributed by atoms with Crippen LogP contribution in [0.5, 0.6) is 0 Å². The number of alkyl halides is 3. The summed E-state index contributed by atoms with van der Waals surface area (Å²) < 4.78 is -1.42. The van der Waals surface area contributed by atoms with Gasteiger partial charge in [0.05, 0.1) is 10.9 Å². The number of carbonyl (C=O) groups is 1. The average Bonchev–Trinajstić information content (AvgIpc) is 2.27. The molecule has 2 rings (SSSR count). The third kappa shape index (κ3) is 2.34. The molecule has 1 heterocycles. The van der Waals surface area contributed by atoms with Crippen LogP contribution in [0.4, 0.5) is 0 Å². The largest absolute Gasteiger partial charge is 0.327 e. The molecule has 0 saturated carbocycles. The summed E-state index contributed by atoms with van der Waals surface area (Å²) in [4.78, 5) is 12.9. The highest BCUT2D eigenvalue weighted by molar-refractivity contribution is 6.61. The normalized spacial score (nSPS) is 22.8. The van der Waals surface area contributed by atoms with Gasteiger partial charge in [0.2, 0.25) is 4.33 Å². The number of likely N-dealkylation sites (tertiary alicyclic amines) is 1. The minimum atomic E-state index is -1.42. The lowest BCUT2D eigenvalue weighted by molar-refractivity contribution is -0.150. The fourth-order valence-corrected chi connectivity index (χ4v) is 3.69. The molecular formula is C13H14Cl3NO. The quantitative estimate of drug-likeness (QED) is 0.617. The van der Waals surface area contributed by atoms with Gasteiger partial charge in [0.1, 0.15) is 0 Å². The van der Waals surface area contributed by atoms with E-state index in [0.29, 0.717) is 6.54 Å². The van der Waals surface area contributed by atoms with Crippen LogP contribution in [0.1, 0.15) is 19.4 Å². The van der Waals surface area contributed by atoms with Crippen molar-refractivity contribution in [1.82, 2.24) is 4.90 Å². The van der Waals surface area contributed by atoms with Crippen LogP contribution < -0.4 is 0 Å². The number of β-lactam (4-membered cyclic amide) rings is 1. The molecule has 1 aliphatic rings. The molecule has 1 aromatic rings. The first kappa shape index (κ1) is 14.0. The molecule has 1 atom stereocenters. The summed E-state index contributed by atoms with van der Waals surface area (Å²) >= 11 is 18.4. The van der Waals surface area contributed by atoms with Crippen molar-refractivity contribution >= 4 is 40.7 Å². The van der Waals surface area contributed by atoms with Crippen LogP contribution >= 0.6 is 34.8 Å². The smallest absolute Gasteiger partial charge is 0.261 e. The fraction of sp³-hybridized carbons (Fsp3) is 0.462. The van der Waals surface area contributed by atoms with Crippen molar-refractivity contribution in [2.45, 2.75) is 35.6 Å². The summed E-state index contributed by atoms with van der Waals surface area (Å²) in [6.07, 6.45) is 0. The van der Waals surface area contributed by atoms with E-state index in [0.717, 1.165) is 5.56 Å². The Morgan fingerprint density at radius 2 is 1.83 bits per heavy atom. The summed E-state index contributed by atoms with van der Waals surface area (Å²) in [6.45, 7) is 4.09. The summed E-state index contributed by atoms with van der Waals surface area (Å²) in [5.74, 6) is -0.284. The molecule has 18 heavy (non-hydrogen) atoms. The van der Waals surface area contributed by atoms with Crippen molar-refractivity contribution in [2.75, 3.05) is 0 Å². The standard InChI is InChI=1S/C13H14Cl3NO/c1-12(2,14)10-13(15,16)11(18)17(10)8-9-6-4-3-5-7-9/h3-7,10H,8H2,1-2H3. The first-order valence-electron chi connectivity index (χ1n) is 5.66. The molecule has 5 heteroatoms. The van der Waals surface area contributed by atoms with Crippen molar-refractivity contribution in [1.29, 1.82) is 0 Å². The summed E-state index contributed by atoms with van der Waals surface area (Å²) in [5.41, 5.74) is 1.03. The lowest BCUT2D eigenvalue weighted by Gasteiger charge is -2.54. The predicted molar refractivity (Wildman–Crippen MR) is 75.1 cm³/mol. The van der Waals surface area contributed by atoms with E-state index in [1.807, 2.05) is 44.2 Å². The molecule has 0 aromatic heterocycles. The Labute approximate surface area is 122 Å². The van der Waals surface area contributed by atoms with Gasteiger partial charge >= 0.3 is 0 Å². The molecule has 1 fully saturated rings. The average molecular weight is 307 g/mol. The Morgan fingerprint density at radius 3 is 2.33 bits per heavy atom. The highest BCUT2D eigenvalue weighted by Crippen LogP contribution is 2.48. The number of hydrogen-bond acceptors (Lipinski definition) is 1. The van der Waals surface area contributed by atoms with E-state index in [2.05, 4.69) is 0 Å². The Hall–Kier alpha value is -0.440. The number of carbonyl (C=O) groups excluding carboxylic acids is 1. The van der Waals surface area contributed by atoms with Crippen LogP contribution in [-0.2, 0) is 11.3 Å². The second-order valence-electron chi connectivity index (χ2n) is 5.01. The van der Waals surface area contributed by atoms with Gasteiger partial charge in [-0.3, -0.25) is 4.79 Å². The minimum Gasteiger partial charge on any atom is -0.327 e. The predicted octanol–water partition coefficient (Wildman–Crippen LogP) is 3.59. The van der Waals surface area contributed by atoms with E-state index in [-0.39, 0.29) is 5.91 Å². The Morgan fingerprint density at radius 1 is 1.28 bits per heavy atom. The first-order valence-corrected chi connectivity index (χ1v) is 6.79. The van der Waals surface area contributed by atoms with Crippen LogP contribution in [-0.4, -0.2) is 26.1 Å². The van der Waals surface area contributed by atoms with Crippen LogP contribution in [0.3, 0.4) is 0 Å². The molecular weight excluding hydrogens is 293 g/mol. The van der Waals surface area contributed by atoms with Crippen molar-refractivity contribution in [2.24, 2.45) is 0 Å². The van der Waals surface area contributed by atoms with Gasteiger partial charge in [-0.2, -0.15) is 0 Å².